The molecule has 5 rings (SSSR count). The van der Waals surface area contributed by atoms with Crippen LogP contribution in [0.3, 0.4) is 0 Å². The average Bonchev–Trinajstić information content (AvgIpc) is 3.58. The van der Waals surface area contributed by atoms with E-state index in [9.17, 15) is 18.0 Å². The number of nitrogens with zero attached hydrogens (tertiary/aromatic N) is 3. The molecule has 0 spiro atoms. The van der Waals surface area contributed by atoms with Crippen molar-refractivity contribution in [3.63, 3.8) is 0 Å². The second-order valence-corrected chi connectivity index (χ2v) is 7.89. The smallest absolute Gasteiger partial charge is 0.416 e. The van der Waals surface area contributed by atoms with Crippen molar-refractivity contribution in [2.24, 2.45) is 0 Å². The maximum atomic E-state index is 12.9. The lowest BCUT2D eigenvalue weighted by Gasteiger charge is -2.11. The van der Waals surface area contributed by atoms with Crippen LogP contribution in [0.5, 0.6) is 0 Å². The number of halogens is 3. The van der Waals surface area contributed by atoms with E-state index in [2.05, 4.69) is 41.4 Å². The van der Waals surface area contributed by atoms with Gasteiger partial charge in [-0.05, 0) is 60.7 Å². The van der Waals surface area contributed by atoms with Crippen LogP contribution in [0.1, 0.15) is 5.56 Å². The highest BCUT2D eigenvalue weighted by atomic mass is 19.4. The van der Waals surface area contributed by atoms with Crippen molar-refractivity contribution in [1.82, 2.24) is 20.2 Å². The molecule has 0 saturated carbocycles. The molecule has 38 heavy (non-hydrogen) atoms. The number of hydrogen-bond donors (Lipinski definition) is 5. The van der Waals surface area contributed by atoms with Crippen molar-refractivity contribution >= 4 is 40.7 Å². The second-order valence-electron chi connectivity index (χ2n) is 7.89. The van der Waals surface area contributed by atoms with E-state index in [4.69, 9.17) is 4.42 Å². The highest BCUT2D eigenvalue weighted by molar-refractivity contribution is 5.99. The number of urea groups is 1. The normalized spacial score (nSPS) is 11.1. The minimum atomic E-state index is -4.50. The van der Waals surface area contributed by atoms with Gasteiger partial charge >= 0.3 is 12.2 Å². The number of amides is 2. The standard InChI is InChI=1S/C25H19F3N8O2/c26-25(27,28)15-3-1-4-18(13-15)32-24(37)31-17-8-6-16(7-9-17)30-23-29-11-10-21(34-23)33-22-14-19(35-36-22)20-5-2-12-38-20/h1-14H,(H2,31,32,37)(H3,29,30,33,34,35,36). The molecule has 0 saturated heterocycles. The summed E-state index contributed by atoms with van der Waals surface area (Å²) in [4.78, 5) is 20.8. The molecule has 3 heterocycles. The summed E-state index contributed by atoms with van der Waals surface area (Å²) in [6.07, 6.45) is -1.35. The number of aromatic amines is 1. The number of rotatable bonds is 7. The number of furan rings is 1. The van der Waals surface area contributed by atoms with Crippen molar-refractivity contribution < 1.29 is 22.4 Å². The third-order valence-corrected chi connectivity index (χ3v) is 5.12. The first-order chi connectivity index (χ1) is 18.3. The molecule has 5 N–H and O–H groups in total. The van der Waals surface area contributed by atoms with Gasteiger partial charge < -0.3 is 25.7 Å². The van der Waals surface area contributed by atoms with Gasteiger partial charge in [-0.2, -0.15) is 23.3 Å². The summed E-state index contributed by atoms with van der Waals surface area (Å²) in [6, 6.07) is 17.4. The van der Waals surface area contributed by atoms with Crippen LogP contribution in [0.4, 0.5) is 52.6 Å². The van der Waals surface area contributed by atoms with Gasteiger partial charge in [0.2, 0.25) is 5.95 Å². The number of hydrogen-bond acceptors (Lipinski definition) is 7. The Kier molecular flexibility index (Phi) is 6.63. The van der Waals surface area contributed by atoms with E-state index < -0.39 is 17.8 Å². The number of carbonyl (C=O) groups is 1. The summed E-state index contributed by atoms with van der Waals surface area (Å²) in [5.74, 6) is 2.02. The quantitative estimate of drug-likeness (QED) is 0.163. The van der Waals surface area contributed by atoms with Gasteiger partial charge in [0.25, 0.3) is 0 Å². The molecule has 192 valence electrons. The maximum Gasteiger partial charge on any atom is 0.416 e. The molecule has 0 aliphatic heterocycles. The van der Waals surface area contributed by atoms with Crippen LogP contribution >= 0.6 is 0 Å². The number of anilines is 6. The SMILES string of the molecule is O=C(Nc1ccc(Nc2nccc(Nc3cc(-c4ccco4)[nH]n3)n2)cc1)Nc1cccc(C(F)(F)F)c1. The first kappa shape index (κ1) is 24.4. The number of aromatic nitrogens is 4. The van der Waals surface area contributed by atoms with Crippen molar-refractivity contribution in [3.05, 3.63) is 90.8 Å². The molecule has 5 aromatic rings. The van der Waals surface area contributed by atoms with E-state index >= 15 is 0 Å². The van der Waals surface area contributed by atoms with Gasteiger partial charge in [-0.25, -0.2) is 9.78 Å². The van der Waals surface area contributed by atoms with E-state index in [-0.39, 0.29) is 5.69 Å². The first-order valence-corrected chi connectivity index (χ1v) is 11.1. The molecular weight excluding hydrogens is 501 g/mol. The Bertz CT molecular complexity index is 1530. The summed E-state index contributed by atoms with van der Waals surface area (Å²) in [6.45, 7) is 0. The zero-order chi connectivity index (χ0) is 26.5. The number of carbonyl (C=O) groups excluding carboxylic acids is 1. The van der Waals surface area contributed by atoms with Gasteiger partial charge in [0.15, 0.2) is 11.6 Å². The van der Waals surface area contributed by atoms with Crippen LogP contribution in [-0.4, -0.2) is 26.2 Å². The zero-order valence-corrected chi connectivity index (χ0v) is 19.4. The fourth-order valence-electron chi connectivity index (χ4n) is 3.40. The summed E-state index contributed by atoms with van der Waals surface area (Å²) in [5, 5.41) is 18.2. The second kappa shape index (κ2) is 10.3. The van der Waals surface area contributed by atoms with E-state index in [0.717, 1.165) is 12.1 Å². The first-order valence-electron chi connectivity index (χ1n) is 11.1. The third kappa shape index (κ3) is 6.07. The molecule has 0 bridgehead atoms. The van der Waals surface area contributed by atoms with Gasteiger partial charge in [0, 0.05) is 29.3 Å². The van der Waals surface area contributed by atoms with Crippen LogP contribution in [-0.2, 0) is 6.18 Å². The third-order valence-electron chi connectivity index (χ3n) is 5.12. The summed E-state index contributed by atoms with van der Waals surface area (Å²) in [5.41, 5.74) is 0.957. The molecule has 0 fully saturated rings. The van der Waals surface area contributed by atoms with Crippen LogP contribution in [0.2, 0.25) is 0 Å². The average molecular weight is 520 g/mol. The predicted octanol–water partition coefficient (Wildman–Crippen LogP) is 6.61. The van der Waals surface area contributed by atoms with Gasteiger partial charge in [-0.1, -0.05) is 6.07 Å². The van der Waals surface area contributed by atoms with Crippen LogP contribution in [0.15, 0.2) is 89.7 Å². The van der Waals surface area contributed by atoms with Crippen LogP contribution in [0.25, 0.3) is 11.5 Å². The van der Waals surface area contributed by atoms with Gasteiger partial charge in [-0.3, -0.25) is 5.10 Å². The van der Waals surface area contributed by atoms with Crippen molar-refractivity contribution in [2.75, 3.05) is 21.3 Å². The Labute approximate surface area is 213 Å². The summed E-state index contributed by atoms with van der Waals surface area (Å²) >= 11 is 0. The molecule has 0 unspecified atom stereocenters. The topological polar surface area (TPSA) is 133 Å². The monoisotopic (exact) mass is 520 g/mol. The Morgan fingerprint density at radius 2 is 1.63 bits per heavy atom. The van der Waals surface area contributed by atoms with E-state index in [1.807, 2.05) is 6.07 Å². The lowest BCUT2D eigenvalue weighted by molar-refractivity contribution is -0.137. The van der Waals surface area contributed by atoms with Gasteiger partial charge in [0.1, 0.15) is 11.5 Å². The Balaban J connectivity index is 1.17. The minimum absolute atomic E-state index is 0.0216. The van der Waals surface area contributed by atoms with Crippen LogP contribution in [0, 0.1) is 0 Å². The lowest BCUT2D eigenvalue weighted by Crippen LogP contribution is -2.19. The molecule has 10 nitrogen and oxygen atoms in total. The highest BCUT2D eigenvalue weighted by Crippen LogP contribution is 2.30. The van der Waals surface area contributed by atoms with Crippen molar-refractivity contribution in [2.45, 2.75) is 6.18 Å². The Morgan fingerprint density at radius 3 is 2.39 bits per heavy atom. The fourth-order valence-corrected chi connectivity index (χ4v) is 3.40. The van der Waals surface area contributed by atoms with E-state index in [0.29, 0.717) is 40.4 Å². The zero-order valence-electron chi connectivity index (χ0n) is 19.4. The lowest BCUT2D eigenvalue weighted by atomic mass is 10.2. The molecule has 13 heteroatoms. The Hall–Kier alpha value is -5.33. The molecule has 2 amide bonds. The van der Waals surface area contributed by atoms with Gasteiger partial charge in [-0.15, -0.1) is 0 Å². The van der Waals surface area contributed by atoms with Gasteiger partial charge in [0.05, 0.1) is 11.8 Å². The molecule has 2 aromatic carbocycles. The highest BCUT2D eigenvalue weighted by Gasteiger charge is 2.30. The molecule has 3 aromatic heterocycles. The summed E-state index contributed by atoms with van der Waals surface area (Å²) in [7, 11) is 0. The number of nitrogens with one attached hydrogen (secondary N) is 5. The van der Waals surface area contributed by atoms with Crippen molar-refractivity contribution in [3.8, 4) is 11.5 Å². The van der Waals surface area contributed by atoms with E-state index in [1.54, 1.807) is 54.9 Å². The fraction of sp³-hybridized carbons (Fsp3) is 0.0400. The van der Waals surface area contributed by atoms with Crippen molar-refractivity contribution in [1.29, 1.82) is 0 Å². The Morgan fingerprint density at radius 1 is 0.842 bits per heavy atom. The van der Waals surface area contributed by atoms with E-state index in [1.165, 1.54) is 12.1 Å². The van der Waals surface area contributed by atoms with Crippen LogP contribution < -0.4 is 21.3 Å². The minimum Gasteiger partial charge on any atom is -0.463 e. The number of alkyl halides is 3. The number of H-pyrrole nitrogens is 1. The molecule has 0 aliphatic rings. The predicted molar refractivity (Wildman–Crippen MR) is 135 cm³/mol. The molecule has 0 atom stereocenters. The maximum absolute atomic E-state index is 12.9. The summed E-state index contributed by atoms with van der Waals surface area (Å²) < 4.78 is 43.9. The molecule has 0 radical (unpaired) electrons. The number of benzene rings is 2. The largest absolute Gasteiger partial charge is 0.463 e. The molecule has 0 aliphatic carbocycles. The molecular formula is C25H19F3N8O2.